The first-order valence-electron chi connectivity index (χ1n) is 8.49. The zero-order valence-electron chi connectivity index (χ0n) is 14.9. The molecule has 6 nitrogen and oxygen atoms in total. The number of para-hydroxylation sites is 2. The molecule has 6 heteroatoms. The van der Waals surface area contributed by atoms with Gasteiger partial charge in [0.15, 0.2) is 18.1 Å². The minimum Gasteiger partial charge on any atom is -0.493 e. The monoisotopic (exact) mass is 354 g/mol. The van der Waals surface area contributed by atoms with Gasteiger partial charge in [-0.25, -0.2) is 0 Å². The summed E-state index contributed by atoms with van der Waals surface area (Å²) in [6.45, 7) is 2.33. The van der Waals surface area contributed by atoms with Crippen LogP contribution in [-0.4, -0.2) is 38.1 Å². The van der Waals surface area contributed by atoms with Crippen molar-refractivity contribution in [3.8, 4) is 11.5 Å². The first kappa shape index (κ1) is 17.8. The van der Waals surface area contributed by atoms with E-state index in [1.54, 1.807) is 24.1 Å². The summed E-state index contributed by atoms with van der Waals surface area (Å²) in [5.74, 6) is 0.820. The van der Waals surface area contributed by atoms with Crippen molar-refractivity contribution in [2.45, 2.75) is 19.4 Å². The van der Waals surface area contributed by atoms with Crippen LogP contribution in [0.3, 0.4) is 0 Å². The maximum atomic E-state index is 12.2. The highest BCUT2D eigenvalue weighted by Gasteiger charge is 2.31. The van der Waals surface area contributed by atoms with E-state index < -0.39 is 0 Å². The molecule has 2 aromatic carbocycles. The molecule has 2 amide bonds. The third-order valence-corrected chi connectivity index (χ3v) is 4.26. The summed E-state index contributed by atoms with van der Waals surface area (Å²) in [7, 11) is 1.55. The van der Waals surface area contributed by atoms with Gasteiger partial charge in [-0.2, -0.15) is 0 Å². The van der Waals surface area contributed by atoms with Crippen LogP contribution in [0.4, 0.5) is 5.69 Å². The van der Waals surface area contributed by atoms with Crippen molar-refractivity contribution < 1.29 is 19.1 Å². The van der Waals surface area contributed by atoms with Crippen LogP contribution in [0.5, 0.6) is 11.5 Å². The number of benzene rings is 2. The van der Waals surface area contributed by atoms with Crippen LogP contribution in [0, 0.1) is 6.92 Å². The lowest BCUT2D eigenvalue weighted by atomic mass is 10.2. The quantitative estimate of drug-likeness (QED) is 0.864. The Morgan fingerprint density at radius 2 is 1.85 bits per heavy atom. The summed E-state index contributed by atoms with van der Waals surface area (Å²) in [4.78, 5) is 26.1. The molecule has 136 valence electrons. The molecule has 0 saturated carbocycles. The number of hydrogen-bond donors (Lipinski definition) is 1. The maximum Gasteiger partial charge on any atom is 0.258 e. The Hall–Kier alpha value is -3.02. The van der Waals surface area contributed by atoms with Crippen LogP contribution in [-0.2, 0) is 9.59 Å². The van der Waals surface area contributed by atoms with E-state index in [4.69, 9.17) is 9.47 Å². The molecule has 1 heterocycles. The minimum atomic E-state index is -0.264. The summed E-state index contributed by atoms with van der Waals surface area (Å²) in [6.07, 6.45) is 0.286. The number of hydrogen-bond acceptors (Lipinski definition) is 4. The molecule has 1 aliphatic rings. The van der Waals surface area contributed by atoms with Crippen LogP contribution >= 0.6 is 0 Å². The van der Waals surface area contributed by atoms with Gasteiger partial charge in [-0.3, -0.25) is 9.59 Å². The van der Waals surface area contributed by atoms with Crippen molar-refractivity contribution in [1.29, 1.82) is 0 Å². The number of ether oxygens (including phenoxy) is 2. The second-order valence-corrected chi connectivity index (χ2v) is 6.25. The van der Waals surface area contributed by atoms with Crippen molar-refractivity contribution >= 4 is 17.5 Å². The topological polar surface area (TPSA) is 67.9 Å². The van der Waals surface area contributed by atoms with Crippen molar-refractivity contribution in [3.05, 3.63) is 54.1 Å². The van der Waals surface area contributed by atoms with Gasteiger partial charge in [0, 0.05) is 18.7 Å². The van der Waals surface area contributed by atoms with Crippen LogP contribution in [0.2, 0.25) is 0 Å². The Labute approximate surface area is 152 Å². The summed E-state index contributed by atoms with van der Waals surface area (Å²) in [6, 6.07) is 14.7. The molecule has 1 unspecified atom stereocenters. The molecular weight excluding hydrogens is 332 g/mol. The molecule has 0 bridgehead atoms. The smallest absolute Gasteiger partial charge is 0.258 e. The van der Waals surface area contributed by atoms with Gasteiger partial charge >= 0.3 is 0 Å². The van der Waals surface area contributed by atoms with E-state index >= 15 is 0 Å². The molecule has 0 aromatic heterocycles. The Morgan fingerprint density at radius 3 is 2.54 bits per heavy atom. The van der Waals surface area contributed by atoms with Gasteiger partial charge in [0.05, 0.1) is 13.2 Å². The van der Waals surface area contributed by atoms with Gasteiger partial charge in [-0.15, -0.1) is 0 Å². The van der Waals surface area contributed by atoms with Gasteiger partial charge < -0.3 is 19.7 Å². The fourth-order valence-corrected chi connectivity index (χ4v) is 2.93. The third-order valence-electron chi connectivity index (χ3n) is 4.26. The van der Waals surface area contributed by atoms with Crippen LogP contribution in [0.25, 0.3) is 0 Å². The van der Waals surface area contributed by atoms with Crippen molar-refractivity contribution in [2.75, 3.05) is 25.2 Å². The fourth-order valence-electron chi connectivity index (χ4n) is 2.93. The second-order valence-electron chi connectivity index (χ2n) is 6.25. The van der Waals surface area contributed by atoms with Crippen LogP contribution in [0.15, 0.2) is 48.5 Å². The normalized spacial score (nSPS) is 16.5. The molecule has 1 N–H and O–H groups in total. The minimum absolute atomic E-state index is 0.00444. The molecule has 1 atom stereocenters. The molecule has 1 fully saturated rings. The summed E-state index contributed by atoms with van der Waals surface area (Å²) in [5, 5.41) is 2.86. The van der Waals surface area contributed by atoms with Gasteiger partial charge in [0.25, 0.3) is 5.91 Å². The molecule has 0 aliphatic carbocycles. The molecule has 1 saturated heterocycles. The Balaban J connectivity index is 1.53. The molecule has 3 rings (SSSR count). The zero-order chi connectivity index (χ0) is 18.5. The van der Waals surface area contributed by atoms with E-state index in [0.717, 1.165) is 11.3 Å². The first-order valence-corrected chi connectivity index (χ1v) is 8.49. The number of methoxy groups -OCH3 is 1. The lowest BCUT2D eigenvalue weighted by Gasteiger charge is -2.17. The number of rotatable bonds is 6. The number of amides is 2. The Morgan fingerprint density at radius 1 is 1.15 bits per heavy atom. The van der Waals surface area contributed by atoms with E-state index in [2.05, 4.69) is 5.32 Å². The van der Waals surface area contributed by atoms with E-state index in [0.29, 0.717) is 18.0 Å². The summed E-state index contributed by atoms with van der Waals surface area (Å²) in [5.41, 5.74) is 1.99. The van der Waals surface area contributed by atoms with Gasteiger partial charge in [0.2, 0.25) is 5.91 Å². The van der Waals surface area contributed by atoms with Crippen LogP contribution < -0.4 is 19.7 Å². The largest absolute Gasteiger partial charge is 0.493 e. The lowest BCUT2D eigenvalue weighted by Crippen LogP contribution is -2.39. The maximum absolute atomic E-state index is 12.2. The standard InChI is InChI=1S/C20H22N2O4/c1-14-7-9-16(10-8-14)22-12-15(11-20(22)24)21-19(23)13-26-18-6-4-3-5-17(18)25-2/h3-10,15H,11-13H2,1-2H3,(H,21,23). The second kappa shape index (κ2) is 7.91. The number of anilines is 1. The zero-order valence-corrected chi connectivity index (χ0v) is 14.9. The molecule has 1 aliphatic heterocycles. The molecular formula is C20H22N2O4. The highest BCUT2D eigenvalue weighted by Crippen LogP contribution is 2.25. The van der Waals surface area contributed by atoms with Crippen molar-refractivity contribution in [3.63, 3.8) is 0 Å². The Bertz CT molecular complexity index is 789. The number of carbonyl (C=O) groups excluding carboxylic acids is 2. The number of nitrogens with zero attached hydrogens (tertiary/aromatic N) is 1. The van der Waals surface area contributed by atoms with Gasteiger partial charge in [0.1, 0.15) is 0 Å². The predicted octanol–water partition coefficient (Wildman–Crippen LogP) is 2.30. The Kier molecular flexibility index (Phi) is 5.41. The van der Waals surface area contributed by atoms with Crippen LogP contribution in [0.1, 0.15) is 12.0 Å². The van der Waals surface area contributed by atoms with Crippen molar-refractivity contribution in [2.24, 2.45) is 0 Å². The van der Waals surface area contributed by atoms with E-state index in [-0.39, 0.29) is 30.9 Å². The van der Waals surface area contributed by atoms with Gasteiger partial charge in [-0.1, -0.05) is 29.8 Å². The number of aryl methyl sites for hydroxylation is 1. The lowest BCUT2D eigenvalue weighted by molar-refractivity contribution is -0.123. The average Bonchev–Trinajstić information content (AvgIpc) is 3.01. The SMILES string of the molecule is COc1ccccc1OCC(=O)NC1CC(=O)N(c2ccc(C)cc2)C1. The average molecular weight is 354 g/mol. The molecule has 0 radical (unpaired) electrons. The number of carbonyl (C=O) groups is 2. The summed E-state index contributed by atoms with van der Waals surface area (Å²) < 4.78 is 10.7. The van der Waals surface area contributed by atoms with E-state index in [1.165, 1.54) is 0 Å². The highest BCUT2D eigenvalue weighted by molar-refractivity contribution is 5.96. The summed E-state index contributed by atoms with van der Waals surface area (Å²) >= 11 is 0. The fraction of sp³-hybridized carbons (Fsp3) is 0.300. The first-order chi connectivity index (χ1) is 12.6. The molecule has 2 aromatic rings. The highest BCUT2D eigenvalue weighted by atomic mass is 16.5. The van der Waals surface area contributed by atoms with Crippen molar-refractivity contribution in [1.82, 2.24) is 5.32 Å². The van der Waals surface area contributed by atoms with E-state index in [1.807, 2.05) is 43.3 Å². The number of nitrogens with one attached hydrogen (secondary N) is 1. The van der Waals surface area contributed by atoms with Gasteiger partial charge in [-0.05, 0) is 31.2 Å². The predicted molar refractivity (Wildman–Crippen MR) is 98.6 cm³/mol. The van der Waals surface area contributed by atoms with E-state index in [9.17, 15) is 9.59 Å². The molecule has 0 spiro atoms. The third kappa shape index (κ3) is 4.14. The molecule has 26 heavy (non-hydrogen) atoms.